The number of benzene rings is 1. The van der Waals surface area contributed by atoms with Crippen molar-refractivity contribution in [2.75, 3.05) is 26.3 Å². The molecule has 1 N–H and O–H groups in total. The number of aromatic nitrogens is 2. The summed E-state index contributed by atoms with van der Waals surface area (Å²) in [5.41, 5.74) is 6.01. The summed E-state index contributed by atoms with van der Waals surface area (Å²) in [6.07, 6.45) is 2.37. The zero-order chi connectivity index (χ0) is 20.0. The number of fused-ring (bicyclic) bond motifs is 1. The fraction of sp³-hybridized carbons (Fsp3) is 0.429. The van der Waals surface area contributed by atoms with Crippen molar-refractivity contribution in [1.29, 1.82) is 0 Å². The van der Waals surface area contributed by atoms with Gasteiger partial charge in [-0.1, -0.05) is 11.6 Å². The van der Waals surface area contributed by atoms with Crippen LogP contribution in [0.3, 0.4) is 0 Å². The van der Waals surface area contributed by atoms with Crippen LogP contribution in [0, 0.1) is 6.92 Å². The molecule has 1 aliphatic heterocycles. The lowest BCUT2D eigenvalue weighted by atomic mass is 10.1. The second kappa shape index (κ2) is 7.48. The predicted molar refractivity (Wildman–Crippen MR) is 109 cm³/mol. The Morgan fingerprint density at radius 1 is 1.24 bits per heavy atom. The van der Waals surface area contributed by atoms with Crippen LogP contribution in [0.5, 0.6) is 0 Å². The van der Waals surface area contributed by atoms with E-state index in [2.05, 4.69) is 16.6 Å². The maximum absolute atomic E-state index is 12.6. The summed E-state index contributed by atoms with van der Waals surface area (Å²) in [5, 5.41) is 8.08. The highest BCUT2D eigenvalue weighted by Gasteiger charge is 2.28. The highest BCUT2D eigenvalue weighted by atomic mass is 35.5. The minimum atomic E-state index is -0.209. The monoisotopic (exact) mass is 414 g/mol. The van der Waals surface area contributed by atoms with Crippen molar-refractivity contribution in [3.05, 3.63) is 52.0 Å². The Kier molecular flexibility index (Phi) is 4.81. The molecular weight excluding hydrogens is 392 g/mol. The molecule has 2 fully saturated rings. The molecule has 1 saturated heterocycles. The van der Waals surface area contributed by atoms with Gasteiger partial charge in [0.05, 0.1) is 19.8 Å². The minimum Gasteiger partial charge on any atom is -0.460 e. The number of ether oxygens (including phenoxy) is 1. The van der Waals surface area contributed by atoms with Crippen LogP contribution in [-0.2, 0) is 11.3 Å². The molecule has 3 aromatic rings. The summed E-state index contributed by atoms with van der Waals surface area (Å²) in [5.74, 6) is 1.36. The number of carbonyl (C=O) groups is 1. The molecular formula is C21H23ClN4O3. The van der Waals surface area contributed by atoms with Gasteiger partial charge in [0, 0.05) is 40.7 Å². The van der Waals surface area contributed by atoms with E-state index >= 15 is 0 Å². The summed E-state index contributed by atoms with van der Waals surface area (Å²) >= 11 is 6.35. The molecule has 0 unspecified atom stereocenters. The summed E-state index contributed by atoms with van der Waals surface area (Å²) in [4.78, 5) is 12.6. The standard InChI is InChI=1S/C21H23ClN4O3/c1-13-8-18(21(27)24-25-4-6-28-7-5-25)23-26(13)12-16-10-17(22)9-15-11-19(14-2-3-14)29-20(15)16/h8-11,14H,2-7,12H2,1H3,(H,24,27). The SMILES string of the molecule is Cc1cc(C(=O)NN2CCOCC2)nn1Cc1cc(Cl)cc2cc(C3CC3)oc12. The van der Waals surface area contributed by atoms with Crippen LogP contribution in [0.4, 0.5) is 0 Å². The molecule has 1 amide bonds. The van der Waals surface area contributed by atoms with Gasteiger partial charge >= 0.3 is 0 Å². The van der Waals surface area contributed by atoms with Crippen molar-refractivity contribution < 1.29 is 13.9 Å². The van der Waals surface area contributed by atoms with Crippen LogP contribution in [0.1, 0.15) is 46.3 Å². The quantitative estimate of drug-likeness (QED) is 0.691. The summed E-state index contributed by atoms with van der Waals surface area (Å²) in [7, 11) is 0. The first-order valence-corrected chi connectivity index (χ1v) is 10.3. The molecule has 1 aliphatic carbocycles. The molecule has 7 nitrogen and oxygen atoms in total. The van der Waals surface area contributed by atoms with E-state index < -0.39 is 0 Å². The second-order valence-electron chi connectivity index (χ2n) is 7.78. The Morgan fingerprint density at radius 3 is 2.79 bits per heavy atom. The van der Waals surface area contributed by atoms with Crippen molar-refractivity contribution in [1.82, 2.24) is 20.2 Å². The van der Waals surface area contributed by atoms with Crippen LogP contribution < -0.4 is 5.43 Å². The molecule has 3 heterocycles. The van der Waals surface area contributed by atoms with Crippen LogP contribution in [0.25, 0.3) is 11.0 Å². The number of halogens is 1. The third-order valence-electron chi connectivity index (χ3n) is 5.46. The third kappa shape index (κ3) is 3.90. The Hall–Kier alpha value is -2.35. The lowest BCUT2D eigenvalue weighted by molar-refractivity contribution is 0.0124. The molecule has 0 radical (unpaired) electrons. The van der Waals surface area contributed by atoms with Gasteiger partial charge in [-0.25, -0.2) is 5.01 Å². The third-order valence-corrected chi connectivity index (χ3v) is 5.68. The summed E-state index contributed by atoms with van der Waals surface area (Å²) < 4.78 is 13.3. The number of nitrogens with zero attached hydrogens (tertiary/aromatic N) is 3. The Labute approximate surface area is 173 Å². The van der Waals surface area contributed by atoms with Crippen LogP contribution >= 0.6 is 11.6 Å². The van der Waals surface area contributed by atoms with E-state index in [9.17, 15) is 4.79 Å². The highest BCUT2D eigenvalue weighted by molar-refractivity contribution is 6.31. The number of hydrogen-bond donors (Lipinski definition) is 1. The molecule has 0 bridgehead atoms. The smallest absolute Gasteiger partial charge is 0.286 e. The second-order valence-corrected chi connectivity index (χ2v) is 8.21. The van der Waals surface area contributed by atoms with Gasteiger partial charge in [0.1, 0.15) is 11.3 Å². The minimum absolute atomic E-state index is 0.209. The van der Waals surface area contributed by atoms with Crippen molar-refractivity contribution in [3.63, 3.8) is 0 Å². The fourth-order valence-electron chi connectivity index (χ4n) is 3.71. The first kappa shape index (κ1) is 18.7. The molecule has 0 atom stereocenters. The number of hydrazine groups is 1. The number of morpholine rings is 1. The zero-order valence-corrected chi connectivity index (χ0v) is 17.0. The number of nitrogens with one attached hydrogen (secondary N) is 1. The Bertz CT molecular complexity index is 1060. The molecule has 152 valence electrons. The number of amides is 1. The molecule has 29 heavy (non-hydrogen) atoms. The van der Waals surface area contributed by atoms with E-state index in [1.165, 1.54) is 12.8 Å². The molecule has 1 saturated carbocycles. The van der Waals surface area contributed by atoms with E-state index in [1.807, 2.05) is 28.7 Å². The summed E-state index contributed by atoms with van der Waals surface area (Å²) in [6.45, 7) is 5.01. The van der Waals surface area contributed by atoms with Gasteiger partial charge in [-0.15, -0.1) is 0 Å². The van der Waals surface area contributed by atoms with Crippen LogP contribution in [0.15, 0.2) is 28.7 Å². The van der Waals surface area contributed by atoms with Crippen molar-refractivity contribution in [3.8, 4) is 0 Å². The van der Waals surface area contributed by atoms with E-state index in [0.29, 0.717) is 49.5 Å². The topological polar surface area (TPSA) is 72.5 Å². The molecule has 0 spiro atoms. The van der Waals surface area contributed by atoms with Crippen LogP contribution in [0.2, 0.25) is 5.02 Å². The average molecular weight is 415 g/mol. The van der Waals surface area contributed by atoms with Gasteiger partial charge < -0.3 is 9.15 Å². The molecule has 2 aromatic heterocycles. The number of carbonyl (C=O) groups excluding carboxylic acids is 1. The molecule has 5 rings (SSSR count). The van der Waals surface area contributed by atoms with Gasteiger partial charge in [0.2, 0.25) is 0 Å². The van der Waals surface area contributed by atoms with E-state index in [0.717, 1.165) is 28.0 Å². The zero-order valence-electron chi connectivity index (χ0n) is 16.3. The van der Waals surface area contributed by atoms with Gasteiger partial charge in [-0.2, -0.15) is 5.10 Å². The highest BCUT2D eigenvalue weighted by Crippen LogP contribution is 2.43. The van der Waals surface area contributed by atoms with Gasteiger partial charge in [-0.3, -0.25) is 14.9 Å². The van der Waals surface area contributed by atoms with Crippen molar-refractivity contribution in [2.45, 2.75) is 32.2 Å². The Morgan fingerprint density at radius 2 is 2.03 bits per heavy atom. The van der Waals surface area contributed by atoms with Crippen LogP contribution in [-0.4, -0.2) is 47.0 Å². The maximum Gasteiger partial charge on any atom is 0.286 e. The first-order chi connectivity index (χ1) is 14.1. The Balaban J connectivity index is 1.38. The maximum atomic E-state index is 12.6. The molecule has 1 aromatic carbocycles. The molecule has 8 heteroatoms. The van der Waals surface area contributed by atoms with E-state index in [-0.39, 0.29) is 5.91 Å². The largest absolute Gasteiger partial charge is 0.460 e. The van der Waals surface area contributed by atoms with E-state index in [4.69, 9.17) is 20.8 Å². The van der Waals surface area contributed by atoms with Crippen molar-refractivity contribution >= 4 is 28.5 Å². The lowest BCUT2D eigenvalue weighted by Gasteiger charge is -2.26. The normalized spacial score (nSPS) is 17.7. The predicted octanol–water partition coefficient (Wildman–Crippen LogP) is 3.49. The average Bonchev–Trinajstić information content (AvgIpc) is 3.36. The van der Waals surface area contributed by atoms with Gasteiger partial charge in [0.25, 0.3) is 5.91 Å². The molecule has 2 aliphatic rings. The number of rotatable bonds is 5. The number of furan rings is 1. The fourth-order valence-corrected chi connectivity index (χ4v) is 3.96. The van der Waals surface area contributed by atoms with E-state index in [1.54, 1.807) is 6.07 Å². The van der Waals surface area contributed by atoms with Gasteiger partial charge in [-0.05, 0) is 44.0 Å². The first-order valence-electron chi connectivity index (χ1n) is 9.97. The van der Waals surface area contributed by atoms with Gasteiger partial charge in [0.15, 0.2) is 5.69 Å². The number of aryl methyl sites for hydroxylation is 1. The summed E-state index contributed by atoms with van der Waals surface area (Å²) in [6, 6.07) is 7.75. The lowest BCUT2D eigenvalue weighted by Crippen LogP contribution is -2.48. The van der Waals surface area contributed by atoms with Crippen molar-refractivity contribution in [2.24, 2.45) is 0 Å². The number of hydrogen-bond acceptors (Lipinski definition) is 5.